The molecular formula is C14H20ClNS. The molecule has 2 unspecified atom stereocenters. The molecule has 0 radical (unpaired) electrons. The number of nitrogen functional groups attached to an aromatic ring is 1. The monoisotopic (exact) mass is 269 g/mol. The molecule has 3 heteroatoms. The van der Waals surface area contributed by atoms with Crippen LogP contribution < -0.4 is 5.73 Å². The van der Waals surface area contributed by atoms with Crippen LogP contribution in [0.1, 0.15) is 38.2 Å². The molecule has 0 aromatic heterocycles. The van der Waals surface area contributed by atoms with E-state index in [2.05, 4.69) is 6.92 Å². The van der Waals surface area contributed by atoms with Crippen molar-refractivity contribution < 1.29 is 0 Å². The Labute approximate surface area is 113 Å². The summed E-state index contributed by atoms with van der Waals surface area (Å²) in [5.41, 5.74) is 7.90. The van der Waals surface area contributed by atoms with Crippen LogP contribution in [0.5, 0.6) is 0 Å². The highest BCUT2D eigenvalue weighted by atomic mass is 35.5. The van der Waals surface area contributed by atoms with Gasteiger partial charge in [-0.15, -0.1) is 0 Å². The molecule has 0 heterocycles. The minimum atomic E-state index is 0.787. The lowest BCUT2D eigenvalue weighted by atomic mass is 9.91. The van der Waals surface area contributed by atoms with Crippen LogP contribution in [0, 0.1) is 5.92 Å². The number of anilines is 1. The molecule has 1 aliphatic rings. The number of hydrogen-bond donors (Lipinski definition) is 1. The lowest BCUT2D eigenvalue weighted by Crippen LogP contribution is -2.15. The zero-order valence-corrected chi connectivity index (χ0v) is 11.9. The molecule has 0 saturated heterocycles. The van der Waals surface area contributed by atoms with Crippen LogP contribution in [0.4, 0.5) is 5.69 Å². The molecule has 2 N–H and O–H groups in total. The normalized spacial score (nSPS) is 24.8. The minimum Gasteiger partial charge on any atom is -0.398 e. The average Bonchev–Trinajstić information content (AvgIpc) is 2.28. The summed E-state index contributed by atoms with van der Waals surface area (Å²) in [5, 5.41) is 1.59. The molecule has 2 rings (SSSR count). The Balaban J connectivity index is 1.93. The lowest BCUT2D eigenvalue weighted by Gasteiger charge is -2.26. The third-order valence-electron chi connectivity index (χ3n) is 3.51. The van der Waals surface area contributed by atoms with Crippen LogP contribution in [-0.4, -0.2) is 5.25 Å². The van der Waals surface area contributed by atoms with Crippen molar-refractivity contribution in [1.82, 2.24) is 0 Å². The molecule has 2 atom stereocenters. The van der Waals surface area contributed by atoms with Gasteiger partial charge in [-0.05, 0) is 30.9 Å². The quantitative estimate of drug-likeness (QED) is 0.803. The molecular weight excluding hydrogens is 250 g/mol. The maximum Gasteiger partial charge on any atom is 0.0466 e. The Morgan fingerprint density at radius 2 is 2.24 bits per heavy atom. The molecule has 0 aliphatic heterocycles. The van der Waals surface area contributed by atoms with Crippen LogP contribution >= 0.6 is 23.4 Å². The van der Waals surface area contributed by atoms with Crippen molar-refractivity contribution >= 4 is 29.1 Å². The van der Waals surface area contributed by atoms with Crippen molar-refractivity contribution in [2.45, 2.75) is 43.6 Å². The summed E-state index contributed by atoms with van der Waals surface area (Å²) in [5.74, 6) is 1.83. The highest BCUT2D eigenvalue weighted by Crippen LogP contribution is 2.35. The predicted octanol–water partition coefficient (Wildman–Crippen LogP) is 4.73. The van der Waals surface area contributed by atoms with E-state index in [-0.39, 0.29) is 0 Å². The van der Waals surface area contributed by atoms with Gasteiger partial charge in [-0.2, -0.15) is 11.8 Å². The van der Waals surface area contributed by atoms with E-state index < -0.39 is 0 Å². The van der Waals surface area contributed by atoms with Crippen LogP contribution in [0.25, 0.3) is 0 Å². The summed E-state index contributed by atoms with van der Waals surface area (Å²) in [6, 6.07) is 5.77. The van der Waals surface area contributed by atoms with Crippen molar-refractivity contribution in [1.29, 1.82) is 0 Å². The Bertz CT molecular complexity index is 360. The standard InChI is InChI=1S/C14H20ClNS/c1-10-4-2-5-11(8-10)17-9-12-13(15)6-3-7-14(12)16/h3,6-7,10-11H,2,4-5,8-9,16H2,1H3. The number of hydrogen-bond acceptors (Lipinski definition) is 2. The van der Waals surface area contributed by atoms with Gasteiger partial charge in [0.1, 0.15) is 0 Å². The lowest BCUT2D eigenvalue weighted by molar-refractivity contribution is 0.394. The topological polar surface area (TPSA) is 26.0 Å². The van der Waals surface area contributed by atoms with E-state index in [9.17, 15) is 0 Å². The van der Waals surface area contributed by atoms with E-state index in [4.69, 9.17) is 17.3 Å². The fraction of sp³-hybridized carbons (Fsp3) is 0.571. The first-order valence-corrected chi connectivity index (χ1v) is 7.74. The first-order chi connectivity index (χ1) is 8.16. The Morgan fingerprint density at radius 3 is 2.94 bits per heavy atom. The number of nitrogens with two attached hydrogens (primary N) is 1. The molecule has 0 bridgehead atoms. The second-order valence-corrected chi connectivity index (χ2v) is 6.71. The molecule has 1 nitrogen and oxygen atoms in total. The summed E-state index contributed by atoms with van der Waals surface area (Å²) in [6.07, 6.45) is 5.45. The van der Waals surface area contributed by atoms with Gasteiger partial charge in [0.2, 0.25) is 0 Å². The molecule has 1 aliphatic carbocycles. The van der Waals surface area contributed by atoms with Gasteiger partial charge in [0.15, 0.2) is 0 Å². The fourth-order valence-corrected chi connectivity index (χ4v) is 4.31. The minimum absolute atomic E-state index is 0.787. The third-order valence-corrected chi connectivity index (χ3v) is 5.22. The first kappa shape index (κ1) is 13.1. The van der Waals surface area contributed by atoms with Crippen molar-refractivity contribution in [2.24, 2.45) is 5.92 Å². The molecule has 1 saturated carbocycles. The van der Waals surface area contributed by atoms with E-state index in [1.165, 1.54) is 25.7 Å². The molecule has 1 aromatic carbocycles. The number of benzene rings is 1. The van der Waals surface area contributed by atoms with Gasteiger partial charge < -0.3 is 5.73 Å². The molecule has 1 aromatic rings. The van der Waals surface area contributed by atoms with E-state index in [1.807, 2.05) is 30.0 Å². The number of rotatable bonds is 3. The Kier molecular flexibility index (Phi) is 4.63. The number of halogens is 1. The summed E-state index contributed by atoms with van der Waals surface area (Å²) in [6.45, 7) is 2.36. The van der Waals surface area contributed by atoms with Gasteiger partial charge >= 0.3 is 0 Å². The highest BCUT2D eigenvalue weighted by molar-refractivity contribution is 7.99. The van der Waals surface area contributed by atoms with Crippen LogP contribution in [0.2, 0.25) is 5.02 Å². The maximum atomic E-state index is 6.18. The van der Waals surface area contributed by atoms with Crippen molar-refractivity contribution in [3.63, 3.8) is 0 Å². The van der Waals surface area contributed by atoms with Gasteiger partial charge in [-0.3, -0.25) is 0 Å². The second kappa shape index (κ2) is 6.01. The van der Waals surface area contributed by atoms with E-state index in [0.717, 1.165) is 33.2 Å². The molecule has 17 heavy (non-hydrogen) atoms. The van der Waals surface area contributed by atoms with Crippen LogP contribution in [0.15, 0.2) is 18.2 Å². The second-order valence-electron chi connectivity index (χ2n) is 5.01. The summed E-state index contributed by atoms with van der Waals surface area (Å²) in [7, 11) is 0. The van der Waals surface area contributed by atoms with Gasteiger partial charge in [-0.1, -0.05) is 37.4 Å². The predicted molar refractivity (Wildman–Crippen MR) is 78.6 cm³/mol. The van der Waals surface area contributed by atoms with Crippen LogP contribution in [0.3, 0.4) is 0 Å². The molecule has 1 fully saturated rings. The van der Waals surface area contributed by atoms with Gasteiger partial charge in [0, 0.05) is 27.3 Å². The SMILES string of the molecule is CC1CCCC(SCc2c(N)cccc2Cl)C1. The Morgan fingerprint density at radius 1 is 1.41 bits per heavy atom. The van der Waals surface area contributed by atoms with Crippen molar-refractivity contribution in [3.8, 4) is 0 Å². The first-order valence-electron chi connectivity index (χ1n) is 6.31. The molecule has 0 spiro atoms. The van der Waals surface area contributed by atoms with Crippen molar-refractivity contribution in [2.75, 3.05) is 5.73 Å². The van der Waals surface area contributed by atoms with E-state index in [0.29, 0.717) is 0 Å². The van der Waals surface area contributed by atoms with Gasteiger partial charge in [0.25, 0.3) is 0 Å². The third kappa shape index (κ3) is 3.56. The average molecular weight is 270 g/mol. The van der Waals surface area contributed by atoms with E-state index in [1.54, 1.807) is 0 Å². The summed E-state index contributed by atoms with van der Waals surface area (Å²) < 4.78 is 0. The summed E-state index contributed by atoms with van der Waals surface area (Å²) in [4.78, 5) is 0. The highest BCUT2D eigenvalue weighted by Gasteiger charge is 2.19. The smallest absolute Gasteiger partial charge is 0.0466 e. The molecule has 0 amide bonds. The number of thioether (sulfide) groups is 1. The van der Waals surface area contributed by atoms with Gasteiger partial charge in [0.05, 0.1) is 0 Å². The maximum absolute atomic E-state index is 6.18. The fourth-order valence-electron chi connectivity index (χ4n) is 2.46. The zero-order chi connectivity index (χ0) is 12.3. The molecule has 94 valence electrons. The Hall–Kier alpha value is -0.340. The largest absolute Gasteiger partial charge is 0.398 e. The van der Waals surface area contributed by atoms with Crippen molar-refractivity contribution in [3.05, 3.63) is 28.8 Å². The zero-order valence-electron chi connectivity index (χ0n) is 10.3. The summed E-state index contributed by atoms with van der Waals surface area (Å²) >= 11 is 8.20. The van der Waals surface area contributed by atoms with Gasteiger partial charge in [-0.25, -0.2) is 0 Å². The van der Waals surface area contributed by atoms with Crippen LogP contribution in [-0.2, 0) is 5.75 Å². The van der Waals surface area contributed by atoms with E-state index >= 15 is 0 Å².